The second-order valence-corrected chi connectivity index (χ2v) is 12.4. The first kappa shape index (κ1) is 24.6. The van der Waals surface area contributed by atoms with Gasteiger partial charge in [-0.2, -0.15) is 21.6 Å². The molecule has 0 spiro atoms. The van der Waals surface area contributed by atoms with E-state index in [1.165, 1.54) is 12.8 Å². The molecule has 0 amide bonds. The molecule has 5 fully saturated rings. The highest BCUT2D eigenvalue weighted by Gasteiger charge is 2.75. The SMILES string of the molecule is CC1CCC(C2CCC(C34CCC(OS(=O)(=O)C(F)(F)F)(CC3)C(F)C4(F)F)CC2)CC1. The van der Waals surface area contributed by atoms with E-state index in [1.807, 2.05) is 0 Å². The lowest BCUT2D eigenvalue weighted by atomic mass is 9.48. The summed E-state index contributed by atoms with van der Waals surface area (Å²) >= 11 is 0. The highest BCUT2D eigenvalue weighted by molar-refractivity contribution is 7.87. The van der Waals surface area contributed by atoms with Crippen LogP contribution in [0.3, 0.4) is 0 Å². The van der Waals surface area contributed by atoms with Crippen LogP contribution in [0.1, 0.15) is 84.0 Å². The second kappa shape index (κ2) is 8.02. The van der Waals surface area contributed by atoms with Crippen molar-refractivity contribution >= 4 is 10.1 Å². The van der Waals surface area contributed by atoms with E-state index in [0.29, 0.717) is 24.7 Å². The van der Waals surface area contributed by atoms with Gasteiger partial charge in [0.1, 0.15) is 5.60 Å². The molecule has 1 unspecified atom stereocenters. The molecule has 0 aromatic carbocycles. The molecule has 0 aliphatic heterocycles. The quantitative estimate of drug-likeness (QED) is 0.248. The van der Waals surface area contributed by atoms with Crippen molar-refractivity contribution in [2.45, 2.75) is 107 Å². The van der Waals surface area contributed by atoms with Gasteiger partial charge in [-0.05, 0) is 87.9 Å². The zero-order valence-corrected chi connectivity index (χ0v) is 19.1. The fourth-order valence-electron chi connectivity index (χ4n) is 7.26. The van der Waals surface area contributed by atoms with Crippen LogP contribution in [0.15, 0.2) is 0 Å². The standard InChI is InChI=1S/C22H32F6O3S/c1-14-2-4-15(5-3-14)16-6-8-17(9-7-16)19-10-12-20(13-11-19,18(23)21(19,24)25)31-32(29,30)22(26,27)28/h14-18H,2-13H2,1H3. The van der Waals surface area contributed by atoms with Crippen molar-refractivity contribution in [2.75, 3.05) is 0 Å². The summed E-state index contributed by atoms with van der Waals surface area (Å²) in [5.41, 5.74) is -10.1. The third-order valence-corrected chi connectivity index (χ3v) is 10.4. The molecule has 10 heteroatoms. The fraction of sp³-hybridized carbons (Fsp3) is 1.00. The van der Waals surface area contributed by atoms with Gasteiger partial charge in [0.25, 0.3) is 5.92 Å². The zero-order chi connectivity index (χ0) is 23.6. The van der Waals surface area contributed by atoms with Crippen LogP contribution < -0.4 is 0 Å². The van der Waals surface area contributed by atoms with Gasteiger partial charge in [-0.1, -0.05) is 19.8 Å². The summed E-state index contributed by atoms with van der Waals surface area (Å²) in [6.45, 7) is 2.25. The van der Waals surface area contributed by atoms with Crippen molar-refractivity contribution in [3.8, 4) is 0 Å². The Morgan fingerprint density at radius 3 is 1.75 bits per heavy atom. The Morgan fingerprint density at radius 1 is 0.812 bits per heavy atom. The minimum atomic E-state index is -6.17. The van der Waals surface area contributed by atoms with Gasteiger partial charge in [-0.3, -0.25) is 4.18 Å². The van der Waals surface area contributed by atoms with Crippen molar-refractivity contribution in [1.82, 2.24) is 0 Å². The number of rotatable bonds is 4. The van der Waals surface area contributed by atoms with Crippen molar-refractivity contribution in [3.05, 3.63) is 0 Å². The van der Waals surface area contributed by atoms with E-state index in [9.17, 15) is 21.6 Å². The maximum absolute atomic E-state index is 15.4. The Hall–Kier alpha value is -0.510. The molecule has 5 saturated carbocycles. The zero-order valence-electron chi connectivity index (χ0n) is 18.3. The van der Waals surface area contributed by atoms with Crippen molar-refractivity contribution in [2.24, 2.45) is 29.1 Å². The molecule has 5 aliphatic carbocycles. The molecule has 0 N–H and O–H groups in total. The van der Waals surface area contributed by atoms with Crippen molar-refractivity contribution in [3.63, 3.8) is 0 Å². The summed E-state index contributed by atoms with van der Waals surface area (Å²) in [7, 11) is -6.17. The topological polar surface area (TPSA) is 43.4 Å². The Bertz CT molecular complexity index is 787. The fourth-order valence-corrected chi connectivity index (χ4v) is 8.04. The molecular weight excluding hydrogens is 458 g/mol. The van der Waals surface area contributed by atoms with Gasteiger partial charge in [0, 0.05) is 5.41 Å². The number of halogens is 6. The van der Waals surface area contributed by atoms with E-state index in [0.717, 1.165) is 31.6 Å². The van der Waals surface area contributed by atoms with Crippen LogP contribution in [0.2, 0.25) is 0 Å². The maximum Gasteiger partial charge on any atom is 0.523 e. The largest absolute Gasteiger partial charge is 0.523 e. The molecule has 0 aromatic heterocycles. The summed E-state index contributed by atoms with van der Waals surface area (Å²) in [4.78, 5) is 0. The van der Waals surface area contributed by atoms with E-state index in [1.54, 1.807) is 0 Å². The van der Waals surface area contributed by atoms with Gasteiger partial charge >= 0.3 is 15.6 Å². The molecule has 0 aromatic rings. The monoisotopic (exact) mass is 490 g/mol. The predicted molar refractivity (Wildman–Crippen MR) is 106 cm³/mol. The summed E-state index contributed by atoms with van der Waals surface area (Å²) in [6, 6.07) is 0. The molecule has 0 saturated heterocycles. The van der Waals surface area contributed by atoms with Crippen LogP contribution >= 0.6 is 0 Å². The van der Waals surface area contributed by atoms with E-state index in [-0.39, 0.29) is 12.8 Å². The molecular formula is C22H32F6O3S. The van der Waals surface area contributed by atoms with Crippen LogP contribution in [0, 0.1) is 29.1 Å². The van der Waals surface area contributed by atoms with Crippen LogP contribution in [0.25, 0.3) is 0 Å². The van der Waals surface area contributed by atoms with Gasteiger partial charge in [0.2, 0.25) is 0 Å². The molecule has 0 heterocycles. The first-order valence-corrected chi connectivity index (χ1v) is 13.2. The van der Waals surface area contributed by atoms with Crippen molar-refractivity contribution in [1.29, 1.82) is 0 Å². The first-order chi connectivity index (χ1) is 14.7. The van der Waals surface area contributed by atoms with Crippen LogP contribution in [0.4, 0.5) is 26.3 Å². The van der Waals surface area contributed by atoms with Gasteiger partial charge in [-0.15, -0.1) is 0 Å². The Kier molecular flexibility index (Phi) is 6.17. The molecule has 0 radical (unpaired) electrons. The lowest BCUT2D eigenvalue weighted by Gasteiger charge is -2.61. The lowest BCUT2D eigenvalue weighted by Crippen LogP contribution is -2.70. The minimum Gasteiger partial charge on any atom is -0.253 e. The summed E-state index contributed by atoms with van der Waals surface area (Å²) < 4.78 is 111. The first-order valence-electron chi connectivity index (χ1n) is 11.8. The Morgan fingerprint density at radius 2 is 1.28 bits per heavy atom. The molecule has 1 atom stereocenters. The third kappa shape index (κ3) is 3.79. The predicted octanol–water partition coefficient (Wildman–Crippen LogP) is 6.77. The smallest absolute Gasteiger partial charge is 0.253 e. The Labute approximate surface area is 185 Å². The van der Waals surface area contributed by atoms with E-state index < -0.39 is 57.5 Å². The highest BCUT2D eigenvalue weighted by atomic mass is 32.2. The summed E-state index contributed by atoms with van der Waals surface area (Å²) in [5, 5.41) is 0. The number of hydrogen-bond donors (Lipinski definition) is 0. The summed E-state index contributed by atoms with van der Waals surface area (Å²) in [5.74, 6) is -2.49. The average molecular weight is 491 g/mol. The van der Waals surface area contributed by atoms with Gasteiger partial charge in [0.15, 0.2) is 6.17 Å². The molecule has 5 rings (SSSR count). The third-order valence-electron chi connectivity index (χ3n) is 9.27. The van der Waals surface area contributed by atoms with E-state index >= 15 is 13.2 Å². The van der Waals surface area contributed by atoms with Crippen LogP contribution in [0.5, 0.6) is 0 Å². The number of alkyl halides is 6. The van der Waals surface area contributed by atoms with Crippen molar-refractivity contribution < 1.29 is 38.9 Å². The number of hydrogen-bond acceptors (Lipinski definition) is 3. The van der Waals surface area contributed by atoms with Gasteiger partial charge < -0.3 is 0 Å². The normalized spacial score (nSPS) is 45.0. The highest BCUT2D eigenvalue weighted by Crippen LogP contribution is 2.67. The molecule has 5 aliphatic rings. The van der Waals surface area contributed by atoms with Gasteiger partial charge in [-0.25, -0.2) is 13.2 Å². The molecule has 3 nitrogen and oxygen atoms in total. The van der Waals surface area contributed by atoms with E-state index in [2.05, 4.69) is 11.1 Å². The lowest BCUT2D eigenvalue weighted by molar-refractivity contribution is -0.300. The maximum atomic E-state index is 15.4. The minimum absolute atomic E-state index is 0.218. The average Bonchev–Trinajstić information content (AvgIpc) is 2.72. The second-order valence-electron chi connectivity index (χ2n) is 10.8. The Balaban J connectivity index is 1.47. The number of fused-ring (bicyclic) bond motifs is 3. The van der Waals surface area contributed by atoms with E-state index in [4.69, 9.17) is 0 Å². The molecule has 32 heavy (non-hydrogen) atoms. The molecule has 186 valence electrons. The molecule has 2 bridgehead atoms. The van der Waals surface area contributed by atoms with Gasteiger partial charge in [0.05, 0.1) is 0 Å². The summed E-state index contributed by atoms with van der Waals surface area (Å²) in [6.07, 6.45) is 3.08. The van der Waals surface area contributed by atoms with Crippen LogP contribution in [-0.4, -0.2) is 31.6 Å². The van der Waals surface area contributed by atoms with Crippen LogP contribution in [-0.2, 0) is 14.3 Å².